The van der Waals surface area contributed by atoms with Gasteiger partial charge in [-0.2, -0.15) is 0 Å². The van der Waals surface area contributed by atoms with E-state index in [1.165, 1.54) is 12.8 Å². The van der Waals surface area contributed by atoms with E-state index in [2.05, 4.69) is 13.8 Å². The van der Waals surface area contributed by atoms with Crippen LogP contribution in [0.25, 0.3) is 0 Å². The molecule has 98 valence electrons. The van der Waals surface area contributed by atoms with Crippen molar-refractivity contribution in [2.45, 2.75) is 52.1 Å². The van der Waals surface area contributed by atoms with Crippen molar-refractivity contribution in [1.29, 1.82) is 0 Å². The molecule has 0 amide bonds. The maximum atomic E-state index is 11.1. The molecule has 0 aromatic heterocycles. The molecule has 1 aliphatic heterocycles. The van der Waals surface area contributed by atoms with Crippen LogP contribution in [0.5, 0.6) is 0 Å². The van der Waals surface area contributed by atoms with Crippen LogP contribution < -0.4 is 0 Å². The predicted molar refractivity (Wildman–Crippen MR) is 65.8 cm³/mol. The molecular weight excluding hydrogens is 216 g/mol. The number of carboxylic acid groups (broad SMARTS) is 1. The van der Waals surface area contributed by atoms with Gasteiger partial charge in [-0.15, -0.1) is 0 Å². The topological polar surface area (TPSA) is 46.5 Å². The first-order valence-electron chi connectivity index (χ1n) is 6.92. The van der Waals surface area contributed by atoms with Gasteiger partial charge in [-0.3, -0.25) is 4.79 Å². The molecule has 17 heavy (non-hydrogen) atoms. The second kappa shape index (κ2) is 5.38. The molecule has 1 N–H and O–H groups in total. The standard InChI is InChI=1S/C14H24O3/c1-9(2)7-10-5-6-17-13-11(8-10)3-4-12(13)14(15)16/h9-13H,3-8H2,1-2H3,(H,15,16)/t10-,11+,12-,13+/m0/s1. The Hall–Kier alpha value is -0.570. The maximum absolute atomic E-state index is 11.1. The fourth-order valence-electron chi connectivity index (χ4n) is 3.62. The van der Waals surface area contributed by atoms with Gasteiger partial charge in [-0.1, -0.05) is 13.8 Å². The molecule has 2 rings (SSSR count). The summed E-state index contributed by atoms with van der Waals surface area (Å²) in [6.07, 6.45) is 5.37. The molecule has 1 heterocycles. The first-order valence-corrected chi connectivity index (χ1v) is 6.92. The van der Waals surface area contributed by atoms with Gasteiger partial charge < -0.3 is 9.84 Å². The molecule has 3 nitrogen and oxygen atoms in total. The van der Waals surface area contributed by atoms with Crippen molar-refractivity contribution in [2.75, 3.05) is 6.61 Å². The highest BCUT2D eigenvalue weighted by molar-refractivity contribution is 5.71. The summed E-state index contributed by atoms with van der Waals surface area (Å²) in [5.41, 5.74) is 0. The Morgan fingerprint density at radius 2 is 2.12 bits per heavy atom. The average Bonchev–Trinajstić information content (AvgIpc) is 2.51. The van der Waals surface area contributed by atoms with E-state index >= 15 is 0 Å². The Kier molecular flexibility index (Phi) is 4.08. The minimum absolute atomic E-state index is 0.00957. The van der Waals surface area contributed by atoms with Crippen LogP contribution in [0.3, 0.4) is 0 Å². The van der Waals surface area contributed by atoms with Crippen LogP contribution in [-0.4, -0.2) is 23.8 Å². The number of aliphatic carboxylic acids is 1. The number of carbonyl (C=O) groups is 1. The third-order valence-corrected chi connectivity index (χ3v) is 4.30. The van der Waals surface area contributed by atoms with Crippen LogP contribution in [0.4, 0.5) is 0 Å². The van der Waals surface area contributed by atoms with E-state index in [1.54, 1.807) is 0 Å². The summed E-state index contributed by atoms with van der Waals surface area (Å²) in [5, 5.41) is 9.18. The number of carboxylic acids is 1. The number of hydrogen-bond acceptors (Lipinski definition) is 2. The summed E-state index contributed by atoms with van der Waals surface area (Å²) < 4.78 is 5.83. The van der Waals surface area contributed by atoms with Crippen molar-refractivity contribution in [1.82, 2.24) is 0 Å². The molecule has 0 unspecified atom stereocenters. The van der Waals surface area contributed by atoms with E-state index < -0.39 is 5.97 Å². The van der Waals surface area contributed by atoms with Crippen molar-refractivity contribution in [3.63, 3.8) is 0 Å². The van der Waals surface area contributed by atoms with Crippen molar-refractivity contribution in [3.8, 4) is 0 Å². The van der Waals surface area contributed by atoms with Crippen molar-refractivity contribution in [2.24, 2.45) is 23.7 Å². The van der Waals surface area contributed by atoms with Gasteiger partial charge in [0, 0.05) is 6.61 Å². The number of rotatable bonds is 3. The van der Waals surface area contributed by atoms with E-state index in [4.69, 9.17) is 4.74 Å². The minimum Gasteiger partial charge on any atom is -0.481 e. The summed E-state index contributed by atoms with van der Waals surface area (Å²) >= 11 is 0. The third kappa shape index (κ3) is 3.01. The predicted octanol–water partition coefficient (Wildman–Crippen LogP) is 2.94. The molecule has 0 bridgehead atoms. The normalized spacial score (nSPS) is 37.8. The smallest absolute Gasteiger partial charge is 0.309 e. The second-order valence-electron chi connectivity index (χ2n) is 6.14. The van der Waals surface area contributed by atoms with Crippen LogP contribution >= 0.6 is 0 Å². The van der Waals surface area contributed by atoms with E-state index in [-0.39, 0.29) is 12.0 Å². The summed E-state index contributed by atoms with van der Waals surface area (Å²) in [7, 11) is 0. The van der Waals surface area contributed by atoms with E-state index in [1.807, 2.05) is 0 Å². The Labute approximate surface area is 104 Å². The first kappa shape index (κ1) is 12.9. The highest BCUT2D eigenvalue weighted by Gasteiger charge is 2.43. The highest BCUT2D eigenvalue weighted by Crippen LogP contribution is 2.41. The third-order valence-electron chi connectivity index (χ3n) is 4.30. The van der Waals surface area contributed by atoms with Gasteiger partial charge in [0.25, 0.3) is 0 Å². The van der Waals surface area contributed by atoms with E-state index in [0.717, 1.165) is 37.7 Å². The molecule has 0 spiro atoms. The summed E-state index contributed by atoms with van der Waals surface area (Å²) in [4.78, 5) is 11.1. The molecule has 2 aliphatic rings. The molecular formula is C14H24O3. The minimum atomic E-state index is -0.667. The van der Waals surface area contributed by atoms with E-state index in [9.17, 15) is 9.90 Å². The molecule has 0 aromatic carbocycles. The number of hydrogen-bond donors (Lipinski definition) is 1. The Morgan fingerprint density at radius 3 is 2.76 bits per heavy atom. The monoisotopic (exact) mass is 240 g/mol. The van der Waals surface area contributed by atoms with Crippen LogP contribution in [0.2, 0.25) is 0 Å². The molecule has 1 saturated carbocycles. The van der Waals surface area contributed by atoms with Gasteiger partial charge in [0.2, 0.25) is 0 Å². The first-order chi connectivity index (χ1) is 8.08. The van der Waals surface area contributed by atoms with Crippen molar-refractivity contribution in [3.05, 3.63) is 0 Å². The lowest BCUT2D eigenvalue weighted by atomic mass is 9.85. The van der Waals surface area contributed by atoms with Crippen LogP contribution in [0.1, 0.15) is 46.0 Å². The van der Waals surface area contributed by atoms with Gasteiger partial charge in [-0.25, -0.2) is 0 Å². The van der Waals surface area contributed by atoms with Crippen molar-refractivity contribution >= 4 is 5.97 Å². The largest absolute Gasteiger partial charge is 0.481 e. The molecule has 0 radical (unpaired) electrons. The summed E-state index contributed by atoms with van der Waals surface area (Å²) in [6, 6.07) is 0. The Bertz CT molecular complexity index is 275. The van der Waals surface area contributed by atoms with Crippen molar-refractivity contribution < 1.29 is 14.6 Å². The summed E-state index contributed by atoms with van der Waals surface area (Å²) in [6.45, 7) is 5.28. The Balaban J connectivity index is 1.97. The Morgan fingerprint density at radius 1 is 1.35 bits per heavy atom. The van der Waals surface area contributed by atoms with Crippen LogP contribution in [-0.2, 0) is 9.53 Å². The van der Waals surface area contributed by atoms with Crippen LogP contribution in [0, 0.1) is 23.7 Å². The highest BCUT2D eigenvalue weighted by atomic mass is 16.5. The molecule has 2 fully saturated rings. The fraction of sp³-hybridized carbons (Fsp3) is 0.929. The SMILES string of the molecule is CC(C)C[C@@H]1CCO[C@@H]2[C@H](CC[C@@H]2C(=O)O)C1. The molecule has 0 aromatic rings. The molecule has 4 atom stereocenters. The maximum Gasteiger partial charge on any atom is 0.309 e. The quantitative estimate of drug-likeness (QED) is 0.825. The lowest BCUT2D eigenvalue weighted by molar-refractivity contribution is -0.146. The second-order valence-corrected chi connectivity index (χ2v) is 6.14. The van der Waals surface area contributed by atoms with Gasteiger partial charge in [-0.05, 0) is 49.9 Å². The average molecular weight is 240 g/mol. The van der Waals surface area contributed by atoms with Gasteiger partial charge in [0.1, 0.15) is 0 Å². The summed E-state index contributed by atoms with van der Waals surface area (Å²) in [5.74, 6) is 1.03. The van der Waals surface area contributed by atoms with Gasteiger partial charge >= 0.3 is 5.97 Å². The molecule has 1 aliphatic carbocycles. The van der Waals surface area contributed by atoms with Gasteiger partial charge in [0.05, 0.1) is 12.0 Å². The molecule has 3 heteroatoms. The van der Waals surface area contributed by atoms with Crippen LogP contribution in [0.15, 0.2) is 0 Å². The van der Waals surface area contributed by atoms with Gasteiger partial charge in [0.15, 0.2) is 0 Å². The lowest BCUT2D eigenvalue weighted by Gasteiger charge is -2.21. The number of ether oxygens (including phenoxy) is 1. The fourth-order valence-corrected chi connectivity index (χ4v) is 3.62. The zero-order valence-corrected chi connectivity index (χ0v) is 10.9. The lowest BCUT2D eigenvalue weighted by Crippen LogP contribution is -2.29. The van der Waals surface area contributed by atoms with E-state index in [0.29, 0.717) is 5.92 Å². The zero-order chi connectivity index (χ0) is 12.4. The number of fused-ring (bicyclic) bond motifs is 1. The zero-order valence-electron chi connectivity index (χ0n) is 10.9. The molecule has 1 saturated heterocycles.